The lowest BCUT2D eigenvalue weighted by Gasteiger charge is -2.42. The number of rotatable bonds is 2. The van der Waals surface area contributed by atoms with E-state index in [0.29, 0.717) is 0 Å². The lowest BCUT2D eigenvalue weighted by Crippen LogP contribution is -2.43. The van der Waals surface area contributed by atoms with Gasteiger partial charge in [-0.2, -0.15) is 13.2 Å². The molecule has 2 nitrogen and oxygen atoms in total. The van der Waals surface area contributed by atoms with Crippen LogP contribution in [0, 0.1) is 0 Å². The van der Waals surface area contributed by atoms with E-state index in [1.165, 1.54) is 12.3 Å². The molecule has 1 heterocycles. The highest BCUT2D eigenvalue weighted by Gasteiger charge is 2.45. The Morgan fingerprint density at radius 3 is 2.50 bits per heavy atom. The molecule has 0 saturated heterocycles. The number of pyridine rings is 1. The second-order valence-corrected chi connectivity index (χ2v) is 4.24. The van der Waals surface area contributed by atoms with Crippen molar-refractivity contribution in [2.45, 2.75) is 30.9 Å². The Labute approximate surface area is 91.7 Å². The van der Waals surface area contributed by atoms with Crippen molar-refractivity contribution in [1.29, 1.82) is 0 Å². The highest BCUT2D eigenvalue weighted by Crippen LogP contribution is 2.46. The van der Waals surface area contributed by atoms with Gasteiger partial charge in [0.05, 0.1) is 0 Å². The molecule has 1 aliphatic rings. The van der Waals surface area contributed by atoms with Gasteiger partial charge >= 0.3 is 6.18 Å². The highest BCUT2D eigenvalue weighted by molar-refractivity contribution is 5.33. The maximum Gasteiger partial charge on any atom is 0.433 e. The Kier molecular flexibility index (Phi) is 2.66. The van der Waals surface area contributed by atoms with Gasteiger partial charge < -0.3 is 5.73 Å². The fourth-order valence-electron chi connectivity index (χ4n) is 2.25. The van der Waals surface area contributed by atoms with E-state index in [4.69, 9.17) is 5.73 Å². The summed E-state index contributed by atoms with van der Waals surface area (Å²) in [7, 11) is 0. The number of nitrogens with two attached hydrogens (primary N) is 1. The van der Waals surface area contributed by atoms with E-state index in [0.717, 1.165) is 19.3 Å². The van der Waals surface area contributed by atoms with E-state index in [9.17, 15) is 13.2 Å². The van der Waals surface area contributed by atoms with Crippen LogP contribution in [0.1, 0.15) is 30.5 Å². The van der Waals surface area contributed by atoms with E-state index in [1.54, 1.807) is 6.07 Å². The summed E-state index contributed by atoms with van der Waals surface area (Å²) >= 11 is 0. The minimum Gasteiger partial charge on any atom is -0.330 e. The summed E-state index contributed by atoms with van der Waals surface area (Å²) in [6, 6.07) is 3.04. The monoisotopic (exact) mass is 230 g/mol. The maximum atomic E-state index is 12.8. The predicted octanol–water partition coefficient (Wildman–Crippen LogP) is 2.48. The summed E-state index contributed by atoms with van der Waals surface area (Å²) in [6.07, 6.45) is -0.844. The molecule has 2 N–H and O–H groups in total. The molecule has 0 unspecified atom stereocenters. The number of nitrogens with zero attached hydrogens (tertiary/aromatic N) is 1. The molecule has 1 aromatic rings. The van der Waals surface area contributed by atoms with Crippen LogP contribution in [-0.2, 0) is 11.6 Å². The second-order valence-electron chi connectivity index (χ2n) is 4.24. The zero-order chi connectivity index (χ0) is 11.8. The average Bonchev–Trinajstić information content (AvgIpc) is 2.16. The van der Waals surface area contributed by atoms with Crippen molar-refractivity contribution in [3.63, 3.8) is 0 Å². The molecule has 0 aliphatic heterocycles. The zero-order valence-corrected chi connectivity index (χ0v) is 8.72. The van der Waals surface area contributed by atoms with Crippen molar-refractivity contribution in [2.24, 2.45) is 5.73 Å². The predicted molar refractivity (Wildman–Crippen MR) is 53.8 cm³/mol. The Hall–Kier alpha value is -1.10. The van der Waals surface area contributed by atoms with E-state index in [1.807, 2.05) is 0 Å². The molecule has 0 spiro atoms. The summed E-state index contributed by atoms with van der Waals surface area (Å²) in [4.78, 5) is 3.47. The third kappa shape index (κ3) is 1.69. The van der Waals surface area contributed by atoms with E-state index in [-0.39, 0.29) is 12.1 Å². The molecule has 0 amide bonds. The topological polar surface area (TPSA) is 38.9 Å². The SMILES string of the molecule is NCC1(c2cccnc2C(F)(F)F)CCC1. The van der Waals surface area contributed by atoms with Crippen LogP contribution in [0.15, 0.2) is 18.3 Å². The number of halogens is 3. The fraction of sp³-hybridized carbons (Fsp3) is 0.545. The minimum atomic E-state index is -4.39. The molecule has 16 heavy (non-hydrogen) atoms. The van der Waals surface area contributed by atoms with Crippen LogP contribution < -0.4 is 5.73 Å². The first-order valence-electron chi connectivity index (χ1n) is 5.22. The minimum absolute atomic E-state index is 0.252. The van der Waals surface area contributed by atoms with Gasteiger partial charge in [0.25, 0.3) is 0 Å². The van der Waals surface area contributed by atoms with Crippen LogP contribution in [0.4, 0.5) is 13.2 Å². The van der Waals surface area contributed by atoms with Crippen molar-refractivity contribution >= 4 is 0 Å². The average molecular weight is 230 g/mol. The smallest absolute Gasteiger partial charge is 0.330 e. The third-order valence-corrected chi connectivity index (χ3v) is 3.35. The molecular formula is C11H13F3N2. The van der Waals surface area contributed by atoms with E-state index < -0.39 is 17.3 Å². The summed E-state index contributed by atoms with van der Waals surface area (Å²) in [5, 5.41) is 0. The number of alkyl halides is 3. The van der Waals surface area contributed by atoms with Crippen LogP contribution >= 0.6 is 0 Å². The number of hydrogen-bond donors (Lipinski definition) is 1. The first kappa shape index (κ1) is 11.4. The van der Waals surface area contributed by atoms with Crippen LogP contribution in [0.2, 0.25) is 0 Å². The number of hydrogen-bond acceptors (Lipinski definition) is 2. The summed E-state index contributed by atoms with van der Waals surface area (Å²) < 4.78 is 38.3. The van der Waals surface area contributed by atoms with Gasteiger partial charge in [0.1, 0.15) is 5.69 Å². The molecule has 0 aromatic carbocycles. The number of aromatic nitrogens is 1. The first-order chi connectivity index (χ1) is 7.49. The lowest BCUT2D eigenvalue weighted by atomic mass is 9.64. The molecule has 1 fully saturated rings. The van der Waals surface area contributed by atoms with E-state index >= 15 is 0 Å². The molecule has 1 aromatic heterocycles. The van der Waals surface area contributed by atoms with Crippen LogP contribution in [0.25, 0.3) is 0 Å². The Bertz CT molecular complexity index is 378. The van der Waals surface area contributed by atoms with Gasteiger partial charge in [-0.25, -0.2) is 0 Å². The van der Waals surface area contributed by atoms with Gasteiger partial charge in [0.2, 0.25) is 0 Å². The summed E-state index contributed by atoms with van der Waals surface area (Å²) in [6.45, 7) is 0.252. The van der Waals surface area contributed by atoms with Crippen LogP contribution in [0.5, 0.6) is 0 Å². The van der Waals surface area contributed by atoms with Gasteiger partial charge in [0, 0.05) is 18.2 Å². The van der Waals surface area contributed by atoms with Crippen molar-refractivity contribution in [1.82, 2.24) is 4.98 Å². The molecule has 0 radical (unpaired) electrons. The molecule has 1 saturated carbocycles. The van der Waals surface area contributed by atoms with Gasteiger partial charge in [-0.15, -0.1) is 0 Å². The zero-order valence-electron chi connectivity index (χ0n) is 8.72. The normalized spacial score (nSPS) is 19.2. The highest BCUT2D eigenvalue weighted by atomic mass is 19.4. The maximum absolute atomic E-state index is 12.8. The Morgan fingerprint density at radius 1 is 1.38 bits per heavy atom. The molecule has 0 bridgehead atoms. The van der Waals surface area contributed by atoms with Crippen LogP contribution in [0.3, 0.4) is 0 Å². The molecular weight excluding hydrogens is 217 g/mol. The van der Waals surface area contributed by atoms with Crippen molar-refractivity contribution in [3.05, 3.63) is 29.6 Å². The quantitative estimate of drug-likeness (QED) is 0.847. The lowest BCUT2D eigenvalue weighted by molar-refractivity contribution is -0.142. The first-order valence-corrected chi connectivity index (χ1v) is 5.22. The van der Waals surface area contributed by atoms with E-state index in [2.05, 4.69) is 4.98 Å². The molecule has 2 rings (SSSR count). The van der Waals surface area contributed by atoms with Gasteiger partial charge in [-0.05, 0) is 24.5 Å². The van der Waals surface area contributed by atoms with Gasteiger partial charge in [0.15, 0.2) is 0 Å². The van der Waals surface area contributed by atoms with Gasteiger partial charge in [-0.1, -0.05) is 12.5 Å². The fourth-order valence-corrected chi connectivity index (χ4v) is 2.25. The Balaban J connectivity index is 2.48. The largest absolute Gasteiger partial charge is 0.433 e. The summed E-state index contributed by atoms with van der Waals surface area (Å²) in [5.41, 5.74) is 4.60. The van der Waals surface area contributed by atoms with Crippen LogP contribution in [-0.4, -0.2) is 11.5 Å². The third-order valence-electron chi connectivity index (χ3n) is 3.35. The standard InChI is InChI=1S/C11H13F3N2/c12-11(13,14)9-8(3-1-6-16-9)10(7-15)4-2-5-10/h1,3,6H,2,4-5,7,15H2. The molecule has 88 valence electrons. The molecule has 1 aliphatic carbocycles. The molecule has 0 atom stereocenters. The van der Waals surface area contributed by atoms with Gasteiger partial charge in [-0.3, -0.25) is 4.98 Å². The van der Waals surface area contributed by atoms with Crippen molar-refractivity contribution in [2.75, 3.05) is 6.54 Å². The Morgan fingerprint density at radius 2 is 2.06 bits per heavy atom. The summed E-state index contributed by atoms with van der Waals surface area (Å²) in [5.74, 6) is 0. The van der Waals surface area contributed by atoms with Crippen molar-refractivity contribution < 1.29 is 13.2 Å². The van der Waals surface area contributed by atoms with Crippen molar-refractivity contribution in [3.8, 4) is 0 Å². The molecule has 5 heteroatoms. The second kappa shape index (κ2) is 3.73.